The third-order valence-corrected chi connectivity index (χ3v) is 3.31. The third kappa shape index (κ3) is 3.34. The van der Waals surface area contributed by atoms with E-state index in [2.05, 4.69) is 28.9 Å². The van der Waals surface area contributed by atoms with Crippen molar-refractivity contribution in [1.82, 2.24) is 0 Å². The summed E-state index contributed by atoms with van der Waals surface area (Å²) in [5.74, 6) is 1.69. The monoisotopic (exact) mass is 305 g/mol. The van der Waals surface area contributed by atoms with E-state index in [9.17, 15) is 0 Å². The zero-order valence-electron chi connectivity index (χ0n) is 10.3. The van der Waals surface area contributed by atoms with E-state index < -0.39 is 0 Å². The number of benzene rings is 2. The average molecular weight is 306 g/mol. The maximum absolute atomic E-state index is 5.80. The Balaban J connectivity index is 2.14. The van der Waals surface area contributed by atoms with Crippen molar-refractivity contribution in [2.24, 2.45) is 5.73 Å². The summed E-state index contributed by atoms with van der Waals surface area (Å²) in [6.45, 7) is 2.76. The lowest BCUT2D eigenvalue weighted by Crippen LogP contribution is -2.04. The van der Waals surface area contributed by atoms with Gasteiger partial charge in [0.2, 0.25) is 0 Å². The second kappa shape index (κ2) is 6.03. The molecule has 94 valence electrons. The maximum atomic E-state index is 5.80. The molecule has 3 heteroatoms. The molecule has 0 heterocycles. The molecule has 0 aliphatic carbocycles. The van der Waals surface area contributed by atoms with E-state index in [1.165, 1.54) is 11.1 Å². The second-order valence-corrected chi connectivity index (χ2v) is 5.10. The molecule has 2 aromatic carbocycles. The van der Waals surface area contributed by atoms with Crippen LogP contribution in [0.2, 0.25) is 0 Å². The van der Waals surface area contributed by atoms with Gasteiger partial charge in [-0.3, -0.25) is 0 Å². The lowest BCUT2D eigenvalue weighted by Gasteiger charge is -2.09. The highest BCUT2D eigenvalue weighted by atomic mass is 79.9. The number of hydrogen-bond donors (Lipinski definition) is 1. The van der Waals surface area contributed by atoms with Crippen LogP contribution in [-0.2, 0) is 6.42 Å². The Hall–Kier alpha value is -1.32. The Labute approximate surface area is 116 Å². The minimum Gasteiger partial charge on any atom is -0.457 e. The van der Waals surface area contributed by atoms with Gasteiger partial charge in [-0.15, -0.1) is 0 Å². The van der Waals surface area contributed by atoms with Crippen LogP contribution in [0, 0.1) is 6.92 Å². The van der Waals surface area contributed by atoms with Crippen molar-refractivity contribution < 1.29 is 4.74 Å². The van der Waals surface area contributed by atoms with Gasteiger partial charge < -0.3 is 10.5 Å². The molecule has 0 unspecified atom stereocenters. The van der Waals surface area contributed by atoms with Gasteiger partial charge in [-0.25, -0.2) is 0 Å². The van der Waals surface area contributed by atoms with Gasteiger partial charge in [0.1, 0.15) is 11.5 Å². The minimum atomic E-state index is 0.674. The number of ether oxygens (including phenoxy) is 1. The standard InChI is InChI=1S/C15H16BrNO/c1-11-10-15(5-2-12(11)8-9-17)18-14-6-3-13(16)4-7-14/h2-7,10H,8-9,17H2,1H3. The number of aryl methyl sites for hydroxylation is 1. The minimum absolute atomic E-state index is 0.674. The normalized spacial score (nSPS) is 10.4. The van der Waals surface area contributed by atoms with E-state index in [1.54, 1.807) is 0 Å². The molecule has 2 nitrogen and oxygen atoms in total. The molecule has 0 aliphatic rings. The van der Waals surface area contributed by atoms with E-state index in [1.807, 2.05) is 36.4 Å². The van der Waals surface area contributed by atoms with Gasteiger partial charge in [0.25, 0.3) is 0 Å². The molecule has 0 radical (unpaired) electrons. The van der Waals surface area contributed by atoms with Crippen molar-refractivity contribution >= 4 is 15.9 Å². The van der Waals surface area contributed by atoms with Crippen LogP contribution in [-0.4, -0.2) is 6.54 Å². The molecule has 18 heavy (non-hydrogen) atoms. The summed E-state index contributed by atoms with van der Waals surface area (Å²) in [6, 6.07) is 13.9. The third-order valence-electron chi connectivity index (χ3n) is 2.78. The summed E-state index contributed by atoms with van der Waals surface area (Å²) in [6.07, 6.45) is 0.907. The second-order valence-electron chi connectivity index (χ2n) is 4.18. The highest BCUT2D eigenvalue weighted by Gasteiger charge is 2.01. The number of hydrogen-bond acceptors (Lipinski definition) is 2. The van der Waals surface area contributed by atoms with Crippen LogP contribution in [0.3, 0.4) is 0 Å². The van der Waals surface area contributed by atoms with Crippen LogP contribution in [0.15, 0.2) is 46.9 Å². The predicted molar refractivity (Wildman–Crippen MR) is 78.2 cm³/mol. The first kappa shape index (κ1) is 13.1. The molecule has 0 atom stereocenters. The largest absolute Gasteiger partial charge is 0.457 e. The smallest absolute Gasteiger partial charge is 0.127 e. The number of rotatable bonds is 4. The molecule has 0 saturated carbocycles. The van der Waals surface area contributed by atoms with Crippen molar-refractivity contribution in [2.45, 2.75) is 13.3 Å². The summed E-state index contributed by atoms with van der Waals surface area (Å²) < 4.78 is 6.84. The first-order valence-electron chi connectivity index (χ1n) is 5.92. The van der Waals surface area contributed by atoms with Gasteiger partial charge in [0.15, 0.2) is 0 Å². The summed E-state index contributed by atoms with van der Waals surface area (Å²) >= 11 is 3.40. The van der Waals surface area contributed by atoms with Gasteiger partial charge in [-0.2, -0.15) is 0 Å². The van der Waals surface area contributed by atoms with Crippen molar-refractivity contribution in [3.05, 3.63) is 58.1 Å². The van der Waals surface area contributed by atoms with Crippen LogP contribution < -0.4 is 10.5 Å². The molecule has 0 amide bonds. The summed E-state index contributed by atoms with van der Waals surface area (Å²) in [5, 5.41) is 0. The Morgan fingerprint density at radius 1 is 1.06 bits per heavy atom. The molecule has 0 bridgehead atoms. The summed E-state index contributed by atoms with van der Waals surface area (Å²) in [7, 11) is 0. The molecule has 0 saturated heterocycles. The lowest BCUT2D eigenvalue weighted by atomic mass is 10.1. The molecule has 0 fully saturated rings. The Kier molecular flexibility index (Phi) is 4.39. The van der Waals surface area contributed by atoms with Gasteiger partial charge in [-0.1, -0.05) is 22.0 Å². The van der Waals surface area contributed by atoms with E-state index in [0.29, 0.717) is 6.54 Å². The molecule has 0 aromatic heterocycles. The quantitative estimate of drug-likeness (QED) is 0.925. The Morgan fingerprint density at radius 3 is 2.33 bits per heavy atom. The molecule has 2 N–H and O–H groups in total. The van der Waals surface area contributed by atoms with E-state index in [4.69, 9.17) is 10.5 Å². The zero-order valence-corrected chi connectivity index (χ0v) is 11.9. The molecule has 0 spiro atoms. The first-order valence-corrected chi connectivity index (χ1v) is 6.71. The van der Waals surface area contributed by atoms with Gasteiger partial charge in [0.05, 0.1) is 0 Å². The van der Waals surface area contributed by atoms with Crippen LogP contribution >= 0.6 is 15.9 Å². The highest BCUT2D eigenvalue weighted by molar-refractivity contribution is 9.10. The Bertz CT molecular complexity index is 523. The fourth-order valence-electron chi connectivity index (χ4n) is 1.81. The van der Waals surface area contributed by atoms with Crippen LogP contribution in [0.1, 0.15) is 11.1 Å². The molecular weight excluding hydrogens is 290 g/mol. The number of nitrogens with two attached hydrogens (primary N) is 1. The van der Waals surface area contributed by atoms with Crippen LogP contribution in [0.25, 0.3) is 0 Å². The van der Waals surface area contributed by atoms with E-state index in [-0.39, 0.29) is 0 Å². The summed E-state index contributed by atoms with van der Waals surface area (Å²) in [5.41, 5.74) is 8.07. The molecule has 2 rings (SSSR count). The SMILES string of the molecule is Cc1cc(Oc2ccc(Br)cc2)ccc1CCN. The highest BCUT2D eigenvalue weighted by Crippen LogP contribution is 2.25. The van der Waals surface area contributed by atoms with Crippen molar-refractivity contribution in [3.63, 3.8) is 0 Å². The maximum Gasteiger partial charge on any atom is 0.127 e. The average Bonchev–Trinajstić information content (AvgIpc) is 2.36. The first-order chi connectivity index (χ1) is 8.69. The van der Waals surface area contributed by atoms with Crippen LogP contribution in [0.5, 0.6) is 11.5 Å². The van der Waals surface area contributed by atoms with Crippen molar-refractivity contribution in [2.75, 3.05) is 6.54 Å². The predicted octanol–water partition coefficient (Wildman–Crippen LogP) is 4.05. The van der Waals surface area contributed by atoms with E-state index >= 15 is 0 Å². The fourth-order valence-corrected chi connectivity index (χ4v) is 2.07. The molecule has 0 aliphatic heterocycles. The number of halogens is 1. The fraction of sp³-hybridized carbons (Fsp3) is 0.200. The Morgan fingerprint density at radius 2 is 1.72 bits per heavy atom. The van der Waals surface area contributed by atoms with Gasteiger partial charge in [-0.05, 0) is 67.4 Å². The van der Waals surface area contributed by atoms with Gasteiger partial charge in [0, 0.05) is 4.47 Å². The lowest BCUT2D eigenvalue weighted by molar-refractivity contribution is 0.482. The van der Waals surface area contributed by atoms with Crippen LogP contribution in [0.4, 0.5) is 0 Å². The van der Waals surface area contributed by atoms with E-state index in [0.717, 1.165) is 22.4 Å². The molecular formula is C15H16BrNO. The van der Waals surface area contributed by atoms with Gasteiger partial charge >= 0.3 is 0 Å². The van der Waals surface area contributed by atoms with Crippen molar-refractivity contribution in [3.8, 4) is 11.5 Å². The van der Waals surface area contributed by atoms with Crippen molar-refractivity contribution in [1.29, 1.82) is 0 Å². The zero-order chi connectivity index (χ0) is 13.0. The topological polar surface area (TPSA) is 35.2 Å². The molecule has 2 aromatic rings. The summed E-state index contributed by atoms with van der Waals surface area (Å²) in [4.78, 5) is 0.